The van der Waals surface area contributed by atoms with Crippen LogP contribution < -0.4 is 10.1 Å². The third-order valence-corrected chi connectivity index (χ3v) is 6.77. The van der Waals surface area contributed by atoms with Gasteiger partial charge in [-0.15, -0.1) is 10.2 Å². The Balaban J connectivity index is 1.24. The molecule has 0 bridgehead atoms. The van der Waals surface area contributed by atoms with E-state index in [1.807, 2.05) is 42.5 Å². The summed E-state index contributed by atoms with van der Waals surface area (Å²) in [6, 6.07) is 18.6. The van der Waals surface area contributed by atoms with E-state index < -0.39 is 6.10 Å². The molecule has 33 heavy (non-hydrogen) atoms. The molecule has 1 fully saturated rings. The van der Waals surface area contributed by atoms with Crippen LogP contribution in [0.5, 0.6) is 5.75 Å². The lowest BCUT2D eigenvalue weighted by molar-refractivity contribution is -0.127. The molecule has 0 spiro atoms. The van der Waals surface area contributed by atoms with Crippen molar-refractivity contribution >= 4 is 17.7 Å². The second-order valence-electron chi connectivity index (χ2n) is 8.46. The molecule has 174 valence electrons. The van der Waals surface area contributed by atoms with E-state index in [2.05, 4.69) is 38.5 Å². The normalized spacial score (nSPS) is 14.8. The number of carbonyl (C=O) groups is 1. The van der Waals surface area contributed by atoms with Gasteiger partial charge in [-0.05, 0) is 55.7 Å². The van der Waals surface area contributed by atoms with E-state index in [4.69, 9.17) is 4.74 Å². The van der Waals surface area contributed by atoms with E-state index in [9.17, 15) is 4.79 Å². The van der Waals surface area contributed by atoms with Crippen molar-refractivity contribution in [3.05, 3.63) is 60.4 Å². The predicted molar refractivity (Wildman–Crippen MR) is 133 cm³/mol. The second-order valence-corrected chi connectivity index (χ2v) is 9.23. The van der Waals surface area contributed by atoms with Gasteiger partial charge in [-0.2, -0.15) is 0 Å². The van der Waals surface area contributed by atoms with Crippen molar-refractivity contribution in [2.75, 3.05) is 12.8 Å². The Morgan fingerprint density at radius 1 is 1.09 bits per heavy atom. The minimum Gasteiger partial charge on any atom is -0.481 e. The topological polar surface area (TPSA) is 69.0 Å². The van der Waals surface area contributed by atoms with Gasteiger partial charge in [-0.25, -0.2) is 0 Å². The second kappa shape index (κ2) is 11.4. The average molecular weight is 465 g/mol. The van der Waals surface area contributed by atoms with Crippen LogP contribution in [-0.4, -0.2) is 39.6 Å². The highest BCUT2D eigenvalue weighted by Gasteiger charge is 2.23. The number of thioether (sulfide) groups is 1. The molecule has 1 saturated carbocycles. The maximum atomic E-state index is 12.5. The van der Waals surface area contributed by atoms with Crippen LogP contribution in [-0.2, 0) is 11.2 Å². The maximum absolute atomic E-state index is 12.5. The van der Waals surface area contributed by atoms with Crippen LogP contribution in [0.2, 0.25) is 0 Å². The molecule has 1 aliphatic carbocycles. The van der Waals surface area contributed by atoms with Crippen molar-refractivity contribution in [3.8, 4) is 16.9 Å². The fourth-order valence-corrected chi connectivity index (χ4v) is 4.94. The van der Waals surface area contributed by atoms with Crippen LogP contribution in [0.25, 0.3) is 11.1 Å². The predicted octanol–water partition coefficient (Wildman–Crippen LogP) is 5.30. The molecule has 1 amide bonds. The van der Waals surface area contributed by atoms with E-state index in [1.165, 1.54) is 25.7 Å². The summed E-state index contributed by atoms with van der Waals surface area (Å²) >= 11 is 1.65. The number of hydrogen-bond acceptors (Lipinski definition) is 5. The van der Waals surface area contributed by atoms with Gasteiger partial charge in [0.2, 0.25) is 0 Å². The number of aryl methyl sites for hydroxylation is 1. The van der Waals surface area contributed by atoms with Gasteiger partial charge in [0.05, 0.1) is 0 Å². The molecule has 3 aromatic rings. The summed E-state index contributed by atoms with van der Waals surface area (Å²) in [5.74, 6) is 1.61. The van der Waals surface area contributed by atoms with Crippen LogP contribution in [0.15, 0.2) is 59.8 Å². The number of rotatable bonds is 10. The van der Waals surface area contributed by atoms with Gasteiger partial charge in [0.1, 0.15) is 11.6 Å². The highest BCUT2D eigenvalue weighted by molar-refractivity contribution is 7.98. The highest BCUT2D eigenvalue weighted by atomic mass is 32.2. The first-order valence-electron chi connectivity index (χ1n) is 11.7. The van der Waals surface area contributed by atoms with E-state index in [0.29, 0.717) is 18.3 Å². The molecular formula is C26H32N4O2S. The van der Waals surface area contributed by atoms with E-state index in [1.54, 1.807) is 18.7 Å². The molecule has 1 aromatic heterocycles. The lowest BCUT2D eigenvalue weighted by Crippen LogP contribution is -2.37. The molecular weight excluding hydrogens is 432 g/mol. The SMILES string of the molecule is CSc1nnc(CCCNC(=O)[C@@H](C)Oc2ccc(-c3ccccc3)cc2)n1C1CCCC1. The van der Waals surface area contributed by atoms with E-state index in [-0.39, 0.29) is 5.91 Å². The average Bonchev–Trinajstić information content (AvgIpc) is 3.52. The summed E-state index contributed by atoms with van der Waals surface area (Å²) in [6.45, 7) is 2.37. The van der Waals surface area contributed by atoms with Crippen LogP contribution in [0.1, 0.15) is 50.9 Å². The van der Waals surface area contributed by atoms with Gasteiger partial charge in [-0.1, -0.05) is 67.1 Å². The van der Waals surface area contributed by atoms with Crippen molar-refractivity contribution < 1.29 is 9.53 Å². The summed E-state index contributed by atoms with van der Waals surface area (Å²) in [6.07, 6.45) is 8.09. The summed E-state index contributed by atoms with van der Waals surface area (Å²) in [5, 5.41) is 12.8. The number of aromatic nitrogens is 3. The van der Waals surface area contributed by atoms with Crippen LogP contribution >= 0.6 is 11.8 Å². The maximum Gasteiger partial charge on any atom is 0.260 e. The number of hydrogen-bond donors (Lipinski definition) is 1. The quantitative estimate of drug-likeness (QED) is 0.326. The van der Waals surface area contributed by atoms with Crippen molar-refractivity contribution in [3.63, 3.8) is 0 Å². The number of nitrogens with zero attached hydrogens (tertiary/aromatic N) is 3. The molecule has 6 nitrogen and oxygen atoms in total. The van der Waals surface area contributed by atoms with Crippen LogP contribution in [0, 0.1) is 0 Å². The summed E-state index contributed by atoms with van der Waals surface area (Å²) in [4.78, 5) is 12.5. The molecule has 0 unspecified atom stereocenters. The minimum atomic E-state index is -0.558. The Morgan fingerprint density at radius 3 is 2.48 bits per heavy atom. The monoisotopic (exact) mass is 464 g/mol. The molecule has 0 radical (unpaired) electrons. The summed E-state index contributed by atoms with van der Waals surface area (Å²) in [7, 11) is 0. The molecule has 1 atom stereocenters. The number of benzene rings is 2. The van der Waals surface area contributed by atoms with E-state index >= 15 is 0 Å². The molecule has 7 heteroatoms. The van der Waals surface area contributed by atoms with Crippen LogP contribution in [0.3, 0.4) is 0 Å². The fraction of sp³-hybridized carbons (Fsp3) is 0.423. The van der Waals surface area contributed by atoms with E-state index in [0.717, 1.165) is 34.9 Å². The van der Waals surface area contributed by atoms with Crippen molar-refractivity contribution in [1.29, 1.82) is 0 Å². The first kappa shape index (κ1) is 23.4. The lowest BCUT2D eigenvalue weighted by atomic mass is 10.1. The van der Waals surface area contributed by atoms with Gasteiger partial charge in [-0.3, -0.25) is 4.79 Å². The largest absolute Gasteiger partial charge is 0.481 e. The lowest BCUT2D eigenvalue weighted by Gasteiger charge is -2.17. The van der Waals surface area contributed by atoms with Gasteiger partial charge in [0.25, 0.3) is 5.91 Å². The Hall–Kier alpha value is -2.80. The Labute approximate surface area is 200 Å². The molecule has 2 aromatic carbocycles. The first-order chi connectivity index (χ1) is 16.2. The van der Waals surface area contributed by atoms with Crippen molar-refractivity contribution in [1.82, 2.24) is 20.1 Å². The van der Waals surface area contributed by atoms with Gasteiger partial charge in [0, 0.05) is 19.0 Å². The third-order valence-electron chi connectivity index (χ3n) is 6.13. The molecule has 1 N–H and O–H groups in total. The molecule has 1 heterocycles. The highest BCUT2D eigenvalue weighted by Crippen LogP contribution is 2.33. The Bertz CT molecular complexity index is 1030. The minimum absolute atomic E-state index is 0.107. The zero-order chi connectivity index (χ0) is 23.0. The number of amides is 1. The zero-order valence-electron chi connectivity index (χ0n) is 19.4. The van der Waals surface area contributed by atoms with Gasteiger partial charge >= 0.3 is 0 Å². The Morgan fingerprint density at radius 2 is 1.79 bits per heavy atom. The molecule has 4 rings (SSSR count). The zero-order valence-corrected chi connectivity index (χ0v) is 20.2. The fourth-order valence-electron chi connectivity index (χ4n) is 4.36. The number of ether oxygens (including phenoxy) is 1. The smallest absolute Gasteiger partial charge is 0.260 e. The standard InChI is InChI=1S/C26H32N4O2S/c1-19(32-23-16-14-21(15-17-23)20-9-4-3-5-10-20)25(31)27-18-8-13-24-28-29-26(33-2)30(24)22-11-6-7-12-22/h3-5,9-10,14-17,19,22H,6-8,11-13,18H2,1-2H3,(H,27,31)/t19-/m1/s1. The van der Waals surface area contributed by atoms with Crippen molar-refractivity contribution in [2.24, 2.45) is 0 Å². The Kier molecular flexibility index (Phi) is 8.05. The number of carbonyl (C=O) groups excluding carboxylic acids is 1. The number of nitrogens with one attached hydrogen (secondary N) is 1. The molecule has 1 aliphatic rings. The van der Waals surface area contributed by atoms with Gasteiger partial charge < -0.3 is 14.6 Å². The third kappa shape index (κ3) is 5.96. The molecule has 0 aliphatic heterocycles. The first-order valence-corrected chi connectivity index (χ1v) is 13.0. The van der Waals surface area contributed by atoms with Crippen molar-refractivity contribution in [2.45, 2.75) is 62.8 Å². The van der Waals surface area contributed by atoms with Crippen LogP contribution in [0.4, 0.5) is 0 Å². The molecule has 0 saturated heterocycles. The summed E-state index contributed by atoms with van der Waals surface area (Å²) in [5.41, 5.74) is 2.28. The van der Waals surface area contributed by atoms with Gasteiger partial charge in [0.15, 0.2) is 11.3 Å². The summed E-state index contributed by atoms with van der Waals surface area (Å²) < 4.78 is 8.17.